The number of anilines is 1. The predicted octanol–water partition coefficient (Wildman–Crippen LogP) is 2.89. The minimum Gasteiger partial charge on any atom is -0.399 e. The number of benzene rings is 1. The number of aryl methyl sites for hydroxylation is 1. The van der Waals surface area contributed by atoms with Crippen LogP contribution in [0, 0.1) is 0 Å². The van der Waals surface area contributed by atoms with E-state index in [-0.39, 0.29) is 11.9 Å². The Hall–Kier alpha value is -2.23. The van der Waals surface area contributed by atoms with E-state index in [4.69, 9.17) is 5.73 Å². The molecule has 4 nitrogen and oxygen atoms in total. The monoisotopic (exact) mass is 283 g/mol. The molecule has 1 saturated heterocycles. The third-order valence-electron chi connectivity index (χ3n) is 4.22. The SMILES string of the molecule is Nc1ccccc1CCC(=O)N1CCCC1c1ccc[nH]1. The van der Waals surface area contributed by atoms with Crippen molar-refractivity contribution in [2.45, 2.75) is 31.7 Å². The molecule has 110 valence electrons. The Morgan fingerprint density at radius 1 is 1.29 bits per heavy atom. The summed E-state index contributed by atoms with van der Waals surface area (Å²) in [4.78, 5) is 17.7. The first-order valence-electron chi connectivity index (χ1n) is 7.52. The number of hydrogen-bond acceptors (Lipinski definition) is 2. The lowest BCUT2D eigenvalue weighted by atomic mass is 10.1. The quantitative estimate of drug-likeness (QED) is 0.847. The number of nitrogens with two attached hydrogens (primary N) is 1. The standard InChI is InChI=1S/C17H21N3O/c18-14-6-2-1-5-13(14)9-10-17(21)20-12-4-8-16(20)15-7-3-11-19-15/h1-3,5-7,11,16,19H,4,8-10,12,18H2. The van der Waals surface area contributed by atoms with E-state index in [0.29, 0.717) is 12.8 Å². The number of nitrogens with zero attached hydrogens (tertiary/aromatic N) is 1. The van der Waals surface area contributed by atoms with Crippen molar-refractivity contribution >= 4 is 11.6 Å². The third kappa shape index (κ3) is 2.94. The molecule has 0 spiro atoms. The second-order valence-corrected chi connectivity index (χ2v) is 5.57. The van der Waals surface area contributed by atoms with Crippen molar-refractivity contribution in [3.63, 3.8) is 0 Å². The Bertz CT molecular complexity index is 606. The van der Waals surface area contributed by atoms with Gasteiger partial charge < -0.3 is 15.6 Å². The van der Waals surface area contributed by atoms with Crippen LogP contribution in [-0.4, -0.2) is 22.3 Å². The number of rotatable bonds is 4. The number of aromatic nitrogens is 1. The van der Waals surface area contributed by atoms with Crippen molar-refractivity contribution in [2.24, 2.45) is 0 Å². The summed E-state index contributed by atoms with van der Waals surface area (Å²) in [6.45, 7) is 0.854. The van der Waals surface area contributed by atoms with Crippen LogP contribution in [0.3, 0.4) is 0 Å². The first-order valence-corrected chi connectivity index (χ1v) is 7.52. The van der Waals surface area contributed by atoms with Gasteiger partial charge in [0.15, 0.2) is 0 Å². The molecule has 1 aromatic heterocycles. The van der Waals surface area contributed by atoms with Crippen LogP contribution in [0.15, 0.2) is 42.6 Å². The van der Waals surface area contributed by atoms with E-state index in [0.717, 1.165) is 36.3 Å². The molecule has 1 aliphatic rings. The summed E-state index contributed by atoms with van der Waals surface area (Å²) in [6.07, 6.45) is 5.26. The number of carbonyl (C=O) groups is 1. The minimum atomic E-state index is 0.209. The molecular weight excluding hydrogens is 262 g/mol. The second kappa shape index (κ2) is 6.04. The van der Waals surface area contributed by atoms with E-state index in [1.165, 1.54) is 0 Å². The molecular formula is C17H21N3O. The smallest absolute Gasteiger partial charge is 0.223 e. The van der Waals surface area contributed by atoms with Crippen molar-refractivity contribution in [1.29, 1.82) is 0 Å². The molecule has 1 fully saturated rings. The van der Waals surface area contributed by atoms with Crippen LogP contribution in [-0.2, 0) is 11.2 Å². The Morgan fingerprint density at radius 3 is 2.90 bits per heavy atom. The van der Waals surface area contributed by atoms with E-state index in [1.807, 2.05) is 41.4 Å². The van der Waals surface area contributed by atoms with Gasteiger partial charge in [0.25, 0.3) is 0 Å². The average Bonchev–Trinajstić information content (AvgIpc) is 3.16. The van der Waals surface area contributed by atoms with E-state index >= 15 is 0 Å². The van der Waals surface area contributed by atoms with Crippen LogP contribution in [0.2, 0.25) is 0 Å². The largest absolute Gasteiger partial charge is 0.399 e. The van der Waals surface area contributed by atoms with Crippen LogP contribution in [0.1, 0.15) is 36.6 Å². The highest BCUT2D eigenvalue weighted by Gasteiger charge is 2.30. The Balaban J connectivity index is 1.64. The maximum atomic E-state index is 12.5. The molecule has 0 saturated carbocycles. The lowest BCUT2D eigenvalue weighted by Crippen LogP contribution is -2.30. The van der Waals surface area contributed by atoms with Gasteiger partial charge in [0.2, 0.25) is 5.91 Å². The zero-order valence-electron chi connectivity index (χ0n) is 12.1. The lowest BCUT2D eigenvalue weighted by Gasteiger charge is -2.24. The molecule has 3 rings (SSSR count). The van der Waals surface area contributed by atoms with Gasteiger partial charge in [-0.25, -0.2) is 0 Å². The molecule has 4 heteroatoms. The second-order valence-electron chi connectivity index (χ2n) is 5.57. The fourth-order valence-electron chi connectivity index (χ4n) is 3.09. The van der Waals surface area contributed by atoms with Crippen molar-refractivity contribution < 1.29 is 4.79 Å². The van der Waals surface area contributed by atoms with E-state index in [2.05, 4.69) is 11.1 Å². The average molecular weight is 283 g/mol. The summed E-state index contributed by atoms with van der Waals surface area (Å²) >= 11 is 0. The Kier molecular flexibility index (Phi) is 3.95. The minimum absolute atomic E-state index is 0.209. The maximum absolute atomic E-state index is 12.5. The molecule has 2 aromatic rings. The summed E-state index contributed by atoms with van der Waals surface area (Å²) in [5, 5.41) is 0. The van der Waals surface area contributed by atoms with Crippen molar-refractivity contribution in [2.75, 3.05) is 12.3 Å². The third-order valence-corrected chi connectivity index (χ3v) is 4.22. The van der Waals surface area contributed by atoms with E-state index in [9.17, 15) is 4.79 Å². The highest BCUT2D eigenvalue weighted by molar-refractivity contribution is 5.77. The molecule has 2 heterocycles. The number of likely N-dealkylation sites (tertiary alicyclic amines) is 1. The van der Waals surface area contributed by atoms with Gasteiger partial charge in [0.1, 0.15) is 0 Å². The van der Waals surface area contributed by atoms with Crippen LogP contribution in [0.4, 0.5) is 5.69 Å². The fourth-order valence-corrected chi connectivity index (χ4v) is 3.09. The first kappa shape index (κ1) is 13.7. The maximum Gasteiger partial charge on any atom is 0.223 e. The molecule has 1 amide bonds. The van der Waals surface area contributed by atoms with Gasteiger partial charge in [0, 0.05) is 30.5 Å². The van der Waals surface area contributed by atoms with Crippen LogP contribution in [0.25, 0.3) is 0 Å². The van der Waals surface area contributed by atoms with Crippen LogP contribution < -0.4 is 5.73 Å². The van der Waals surface area contributed by atoms with Gasteiger partial charge in [-0.3, -0.25) is 4.79 Å². The van der Waals surface area contributed by atoms with Crippen LogP contribution >= 0.6 is 0 Å². The molecule has 1 aliphatic heterocycles. The molecule has 1 atom stereocenters. The van der Waals surface area contributed by atoms with E-state index in [1.54, 1.807) is 0 Å². The zero-order chi connectivity index (χ0) is 14.7. The molecule has 0 radical (unpaired) electrons. The first-order chi connectivity index (χ1) is 10.3. The zero-order valence-corrected chi connectivity index (χ0v) is 12.1. The summed E-state index contributed by atoms with van der Waals surface area (Å²) < 4.78 is 0. The van der Waals surface area contributed by atoms with Gasteiger partial charge in [-0.1, -0.05) is 18.2 Å². The molecule has 0 bridgehead atoms. The molecule has 1 aromatic carbocycles. The van der Waals surface area contributed by atoms with Crippen LogP contribution in [0.5, 0.6) is 0 Å². The highest BCUT2D eigenvalue weighted by atomic mass is 16.2. The normalized spacial score (nSPS) is 18.1. The van der Waals surface area contributed by atoms with Crippen molar-refractivity contribution in [3.05, 3.63) is 53.9 Å². The summed E-state index contributed by atoms with van der Waals surface area (Å²) in [7, 11) is 0. The van der Waals surface area contributed by atoms with Gasteiger partial charge >= 0.3 is 0 Å². The van der Waals surface area contributed by atoms with Gasteiger partial charge in [0.05, 0.1) is 6.04 Å². The number of amides is 1. The summed E-state index contributed by atoms with van der Waals surface area (Å²) in [6, 6.07) is 12.0. The Labute approximate surface area is 125 Å². The number of hydrogen-bond donors (Lipinski definition) is 2. The molecule has 3 N–H and O–H groups in total. The van der Waals surface area contributed by atoms with Gasteiger partial charge in [-0.2, -0.15) is 0 Å². The highest BCUT2D eigenvalue weighted by Crippen LogP contribution is 2.31. The van der Waals surface area contributed by atoms with Crippen molar-refractivity contribution in [1.82, 2.24) is 9.88 Å². The predicted molar refractivity (Wildman–Crippen MR) is 83.7 cm³/mol. The van der Waals surface area contributed by atoms with Gasteiger partial charge in [-0.05, 0) is 43.0 Å². The molecule has 21 heavy (non-hydrogen) atoms. The fraction of sp³-hybridized carbons (Fsp3) is 0.353. The number of carbonyl (C=O) groups excluding carboxylic acids is 1. The summed E-state index contributed by atoms with van der Waals surface area (Å²) in [5.41, 5.74) is 8.90. The number of nitrogens with one attached hydrogen (secondary N) is 1. The van der Waals surface area contributed by atoms with E-state index < -0.39 is 0 Å². The number of aromatic amines is 1. The lowest BCUT2D eigenvalue weighted by molar-refractivity contribution is -0.132. The van der Waals surface area contributed by atoms with Gasteiger partial charge in [-0.15, -0.1) is 0 Å². The topological polar surface area (TPSA) is 62.1 Å². The number of H-pyrrole nitrogens is 1. The molecule has 0 aliphatic carbocycles. The number of para-hydroxylation sites is 1. The number of nitrogen functional groups attached to an aromatic ring is 1. The van der Waals surface area contributed by atoms with Crippen molar-refractivity contribution in [3.8, 4) is 0 Å². The Morgan fingerprint density at radius 2 is 2.14 bits per heavy atom. The summed E-state index contributed by atoms with van der Waals surface area (Å²) in [5.74, 6) is 0.218. The molecule has 1 unspecified atom stereocenters.